The SMILES string of the molecule is O=c1c2cc(Cl)ccc2sn1-c1ccc(CC(O)(P(=O)(O)O)P(=O)(O)O)cc1. The number of nitrogens with zero attached hydrogens (tertiary/aromatic N) is 1. The Kier molecular flexibility index (Phi) is 5.48. The lowest BCUT2D eigenvalue weighted by Gasteiger charge is -2.29. The van der Waals surface area contributed by atoms with Gasteiger partial charge in [-0.3, -0.25) is 13.9 Å². The van der Waals surface area contributed by atoms with E-state index in [1.165, 1.54) is 28.2 Å². The first-order chi connectivity index (χ1) is 12.8. The van der Waals surface area contributed by atoms with Gasteiger partial charge in [0.15, 0.2) is 0 Å². The van der Waals surface area contributed by atoms with E-state index in [4.69, 9.17) is 11.6 Å². The standard InChI is InChI=1S/C15H14ClNO8P2S/c16-10-3-6-13-12(7-10)14(18)17(28-13)11-4-1-9(2-5-11)8-15(19,26(20,21)22)27(23,24)25/h1-7,19H,8H2,(H2,20,21,22)(H2,23,24,25). The van der Waals surface area contributed by atoms with Gasteiger partial charge in [-0.2, -0.15) is 0 Å². The van der Waals surface area contributed by atoms with Crippen molar-refractivity contribution in [2.24, 2.45) is 0 Å². The van der Waals surface area contributed by atoms with Gasteiger partial charge in [-0.25, -0.2) is 3.96 Å². The smallest absolute Gasteiger partial charge is 0.367 e. The first kappa shape index (κ1) is 21.4. The van der Waals surface area contributed by atoms with Crippen molar-refractivity contribution < 1.29 is 33.8 Å². The van der Waals surface area contributed by atoms with Gasteiger partial charge in [0.2, 0.25) is 0 Å². The summed E-state index contributed by atoms with van der Waals surface area (Å²) < 4.78 is 25.0. The summed E-state index contributed by atoms with van der Waals surface area (Å²) >= 11 is 7.07. The van der Waals surface area contributed by atoms with Crippen LogP contribution < -0.4 is 5.56 Å². The Morgan fingerprint density at radius 1 is 1.00 bits per heavy atom. The first-order valence-electron chi connectivity index (χ1n) is 7.58. The quantitative estimate of drug-likeness (QED) is 0.359. The van der Waals surface area contributed by atoms with Crippen molar-refractivity contribution in [3.63, 3.8) is 0 Å². The van der Waals surface area contributed by atoms with Crippen LogP contribution in [0.2, 0.25) is 5.02 Å². The molecule has 0 saturated carbocycles. The molecule has 28 heavy (non-hydrogen) atoms. The minimum absolute atomic E-state index is 0.0649. The molecule has 0 spiro atoms. The molecular weight excluding hydrogens is 452 g/mol. The molecule has 0 fully saturated rings. The van der Waals surface area contributed by atoms with Crippen molar-refractivity contribution >= 4 is 48.4 Å². The lowest BCUT2D eigenvalue weighted by molar-refractivity contribution is 0.131. The minimum atomic E-state index is -5.55. The van der Waals surface area contributed by atoms with Crippen molar-refractivity contribution in [3.05, 3.63) is 63.4 Å². The van der Waals surface area contributed by atoms with E-state index in [2.05, 4.69) is 0 Å². The van der Waals surface area contributed by atoms with Gasteiger partial charge in [-0.15, -0.1) is 0 Å². The van der Waals surface area contributed by atoms with Crippen LogP contribution in [0.1, 0.15) is 5.56 Å². The fourth-order valence-electron chi connectivity index (χ4n) is 2.57. The van der Waals surface area contributed by atoms with Gasteiger partial charge < -0.3 is 24.7 Å². The number of benzene rings is 2. The molecule has 0 atom stereocenters. The number of halogens is 1. The largest absolute Gasteiger partial charge is 0.369 e. The van der Waals surface area contributed by atoms with Crippen LogP contribution in [0, 0.1) is 0 Å². The summed E-state index contributed by atoms with van der Waals surface area (Å²) in [5.41, 5.74) is 0.189. The van der Waals surface area contributed by atoms with Gasteiger partial charge in [0.05, 0.1) is 15.8 Å². The average molecular weight is 466 g/mol. The number of rotatable bonds is 5. The predicted molar refractivity (Wildman–Crippen MR) is 105 cm³/mol. The van der Waals surface area contributed by atoms with Crippen molar-refractivity contribution in [1.82, 2.24) is 3.96 Å². The normalized spacial score (nSPS) is 13.2. The summed E-state index contributed by atoms with van der Waals surface area (Å²) in [6.45, 7) is 0. The Hall–Kier alpha value is -1.32. The van der Waals surface area contributed by atoms with Crippen LogP contribution in [0.15, 0.2) is 47.3 Å². The zero-order valence-electron chi connectivity index (χ0n) is 13.8. The van der Waals surface area contributed by atoms with Gasteiger partial charge in [0.1, 0.15) is 0 Å². The molecule has 3 aromatic rings. The number of aliphatic hydroxyl groups is 1. The van der Waals surface area contributed by atoms with E-state index in [0.717, 1.165) is 11.5 Å². The Morgan fingerprint density at radius 3 is 2.11 bits per heavy atom. The number of hydrogen-bond donors (Lipinski definition) is 5. The third kappa shape index (κ3) is 3.76. The molecule has 0 radical (unpaired) electrons. The number of hydrogen-bond acceptors (Lipinski definition) is 5. The van der Waals surface area contributed by atoms with Crippen LogP contribution in [0.5, 0.6) is 0 Å². The lowest BCUT2D eigenvalue weighted by Crippen LogP contribution is -2.31. The van der Waals surface area contributed by atoms with Gasteiger partial charge in [0.25, 0.3) is 10.6 Å². The molecule has 0 saturated heterocycles. The van der Waals surface area contributed by atoms with E-state index in [9.17, 15) is 38.6 Å². The maximum absolute atomic E-state index is 12.5. The third-order valence-corrected chi connectivity index (χ3v) is 9.18. The number of aromatic nitrogens is 1. The fourth-order valence-corrected chi connectivity index (χ4v) is 5.85. The van der Waals surface area contributed by atoms with Crippen LogP contribution in [0.4, 0.5) is 0 Å². The molecule has 3 rings (SSSR count). The van der Waals surface area contributed by atoms with E-state index in [1.807, 2.05) is 0 Å². The molecule has 0 bridgehead atoms. The molecule has 0 amide bonds. The van der Waals surface area contributed by atoms with Gasteiger partial charge in [-0.1, -0.05) is 35.3 Å². The summed E-state index contributed by atoms with van der Waals surface area (Å²) in [7, 11) is -11.1. The second-order valence-corrected chi connectivity index (χ2v) is 11.5. The molecule has 2 aromatic carbocycles. The van der Waals surface area contributed by atoms with Gasteiger partial charge >= 0.3 is 15.2 Å². The molecule has 0 aliphatic carbocycles. The summed E-state index contributed by atoms with van der Waals surface area (Å²) in [4.78, 5) is 49.4. The van der Waals surface area contributed by atoms with E-state index < -0.39 is 26.7 Å². The van der Waals surface area contributed by atoms with E-state index in [0.29, 0.717) is 20.8 Å². The number of fused-ring (bicyclic) bond motifs is 1. The average Bonchev–Trinajstić information content (AvgIpc) is 2.90. The van der Waals surface area contributed by atoms with E-state index in [-0.39, 0.29) is 11.1 Å². The van der Waals surface area contributed by atoms with E-state index in [1.54, 1.807) is 18.2 Å². The third-order valence-electron chi connectivity index (χ3n) is 4.09. The monoisotopic (exact) mass is 465 g/mol. The lowest BCUT2D eigenvalue weighted by atomic mass is 10.1. The van der Waals surface area contributed by atoms with Gasteiger partial charge in [-0.05, 0) is 35.9 Å². The summed E-state index contributed by atoms with van der Waals surface area (Å²) in [6.07, 6.45) is -0.973. The molecule has 0 unspecified atom stereocenters. The maximum atomic E-state index is 12.5. The Bertz CT molecular complexity index is 1170. The summed E-state index contributed by atoms with van der Waals surface area (Å²) in [5.74, 6) is 0. The molecule has 0 aliphatic heterocycles. The zero-order valence-corrected chi connectivity index (χ0v) is 17.2. The second-order valence-electron chi connectivity index (χ2n) is 6.04. The molecular formula is C15H14ClNO8P2S. The maximum Gasteiger partial charge on any atom is 0.369 e. The minimum Gasteiger partial charge on any atom is -0.367 e. The van der Waals surface area contributed by atoms with Crippen LogP contribution in [0.25, 0.3) is 15.8 Å². The molecule has 150 valence electrons. The van der Waals surface area contributed by atoms with Crippen molar-refractivity contribution in [1.29, 1.82) is 0 Å². The summed E-state index contributed by atoms with van der Waals surface area (Å²) in [5, 5.41) is 7.31. The Morgan fingerprint density at radius 2 is 1.57 bits per heavy atom. The van der Waals surface area contributed by atoms with Crippen LogP contribution in [0.3, 0.4) is 0 Å². The van der Waals surface area contributed by atoms with Crippen molar-refractivity contribution in [2.75, 3.05) is 0 Å². The van der Waals surface area contributed by atoms with Crippen LogP contribution in [-0.4, -0.2) is 33.7 Å². The fraction of sp³-hybridized carbons (Fsp3) is 0.133. The first-order valence-corrected chi connectivity index (χ1v) is 12.0. The molecule has 13 heteroatoms. The topological polar surface area (TPSA) is 157 Å². The van der Waals surface area contributed by atoms with Crippen LogP contribution in [-0.2, 0) is 15.6 Å². The predicted octanol–water partition coefficient (Wildman–Crippen LogP) is 2.25. The van der Waals surface area contributed by atoms with Gasteiger partial charge in [0, 0.05) is 11.4 Å². The molecule has 0 aliphatic rings. The zero-order chi connectivity index (χ0) is 20.9. The summed E-state index contributed by atoms with van der Waals surface area (Å²) in [6, 6.07) is 10.4. The van der Waals surface area contributed by atoms with Crippen molar-refractivity contribution in [2.45, 2.75) is 11.5 Å². The highest BCUT2D eigenvalue weighted by molar-refractivity contribution is 7.72. The van der Waals surface area contributed by atoms with Crippen molar-refractivity contribution in [3.8, 4) is 5.69 Å². The Balaban J connectivity index is 1.99. The molecule has 9 nitrogen and oxygen atoms in total. The molecule has 5 N–H and O–H groups in total. The highest BCUT2D eigenvalue weighted by Crippen LogP contribution is 2.68. The second kappa shape index (κ2) is 7.18. The van der Waals surface area contributed by atoms with E-state index >= 15 is 0 Å². The van der Waals surface area contributed by atoms with Crippen LogP contribution >= 0.6 is 38.3 Å². The highest BCUT2D eigenvalue weighted by Gasteiger charge is 2.59. The molecule has 1 heterocycles. The Labute approximate surface area is 166 Å². The molecule has 1 aromatic heterocycles. The highest BCUT2D eigenvalue weighted by atomic mass is 35.5.